The van der Waals surface area contributed by atoms with Crippen molar-refractivity contribution in [3.63, 3.8) is 0 Å². The second-order valence-corrected chi connectivity index (χ2v) is 7.03. The monoisotopic (exact) mass is 413 g/mol. The third-order valence-electron chi connectivity index (χ3n) is 3.29. The first-order valence-electron chi connectivity index (χ1n) is 7.32. The van der Waals surface area contributed by atoms with Gasteiger partial charge in [0.2, 0.25) is 35.1 Å². The highest BCUT2D eigenvalue weighted by Crippen LogP contribution is 2.20. The van der Waals surface area contributed by atoms with Gasteiger partial charge in [-0.05, 0) is 6.07 Å². The van der Waals surface area contributed by atoms with Crippen LogP contribution in [0.1, 0.15) is 0 Å². The number of halogens is 1. The third-order valence-corrected chi connectivity index (χ3v) is 5.05. The third kappa shape index (κ3) is 3.85. The van der Waals surface area contributed by atoms with Gasteiger partial charge in [-0.1, -0.05) is 16.1 Å². The summed E-state index contributed by atoms with van der Waals surface area (Å²) in [7, 11) is -1.56. The molecule has 3 heterocycles. The summed E-state index contributed by atoms with van der Waals surface area (Å²) in [6, 6.07) is 3.62. The second-order valence-electron chi connectivity index (χ2n) is 5.03. The molecule has 0 saturated carbocycles. The topological polar surface area (TPSA) is 128 Å². The number of sulfonamides is 1. The number of hydrogen-bond donors (Lipinski definition) is 2. The average Bonchev–Trinajstić information content (AvgIpc) is 2.97. The molecule has 27 heavy (non-hydrogen) atoms. The molecule has 0 spiro atoms. The van der Waals surface area contributed by atoms with Crippen molar-refractivity contribution < 1.29 is 27.2 Å². The predicted molar refractivity (Wildman–Crippen MR) is 92.5 cm³/mol. The summed E-state index contributed by atoms with van der Waals surface area (Å²) in [6.45, 7) is 0. The molecule has 0 aliphatic heterocycles. The molecule has 3 aromatic rings. The Balaban J connectivity index is 1.86. The Kier molecular flexibility index (Phi) is 5.01. The van der Waals surface area contributed by atoms with Crippen LogP contribution in [-0.2, 0) is 10.0 Å². The number of hydrogen-bond acceptors (Lipinski definition) is 7. The van der Waals surface area contributed by atoms with Crippen LogP contribution in [0.2, 0.25) is 5.02 Å². The summed E-state index contributed by atoms with van der Waals surface area (Å²) < 4.78 is 39.7. The lowest BCUT2D eigenvalue weighted by atomic mass is 10.6. The van der Waals surface area contributed by atoms with Gasteiger partial charge in [-0.15, -0.1) is 4.52 Å². The lowest BCUT2D eigenvalue weighted by Crippen LogP contribution is -2.37. The van der Waals surface area contributed by atoms with E-state index in [1.165, 1.54) is 41.7 Å². The van der Waals surface area contributed by atoms with E-state index in [1.54, 1.807) is 18.3 Å². The molecule has 3 rings (SSSR count). The van der Waals surface area contributed by atoms with Crippen LogP contribution in [0.15, 0.2) is 41.8 Å². The SMILES string of the molecule is COc1cc(OC)nc(NC(=O)NS(=O)(=O)c2c(Cl)c[n+]3ccccn23)n1. The minimum absolute atomic E-state index is 0.0641. The van der Waals surface area contributed by atoms with Crippen molar-refractivity contribution in [1.29, 1.82) is 0 Å². The molecule has 2 amide bonds. The average molecular weight is 414 g/mol. The molecule has 0 saturated heterocycles. The normalized spacial score (nSPS) is 11.2. The van der Waals surface area contributed by atoms with Crippen molar-refractivity contribution >= 4 is 33.6 Å². The van der Waals surface area contributed by atoms with E-state index in [1.807, 2.05) is 4.72 Å². The summed E-state index contributed by atoms with van der Waals surface area (Å²) >= 11 is 6.02. The van der Waals surface area contributed by atoms with Gasteiger partial charge < -0.3 is 9.47 Å². The second kappa shape index (κ2) is 7.25. The van der Waals surface area contributed by atoms with Crippen LogP contribution in [0.4, 0.5) is 10.7 Å². The van der Waals surface area contributed by atoms with E-state index in [9.17, 15) is 13.2 Å². The number of anilines is 1. The van der Waals surface area contributed by atoms with E-state index in [4.69, 9.17) is 21.1 Å². The number of urea groups is 1. The largest absolute Gasteiger partial charge is 0.481 e. The number of amides is 2. The summed E-state index contributed by atoms with van der Waals surface area (Å²) in [5, 5.41) is 1.84. The Hall–Kier alpha value is -3.12. The lowest BCUT2D eigenvalue weighted by molar-refractivity contribution is -0.620. The summed E-state index contributed by atoms with van der Waals surface area (Å²) in [6.07, 6.45) is 4.47. The molecule has 142 valence electrons. The first kappa shape index (κ1) is 18.7. The fraction of sp³-hybridized carbons (Fsp3) is 0.143. The van der Waals surface area contributed by atoms with Crippen LogP contribution in [0.3, 0.4) is 0 Å². The van der Waals surface area contributed by atoms with E-state index in [0.29, 0.717) is 0 Å². The highest BCUT2D eigenvalue weighted by Gasteiger charge is 2.29. The van der Waals surface area contributed by atoms with Gasteiger partial charge in [-0.3, -0.25) is 5.32 Å². The van der Waals surface area contributed by atoms with Crippen molar-refractivity contribution in [3.8, 4) is 11.8 Å². The molecule has 0 aromatic carbocycles. The van der Waals surface area contributed by atoms with Crippen LogP contribution < -0.4 is 24.0 Å². The molecular formula is C14H14ClN6O5S+. The Morgan fingerprint density at radius 1 is 1.22 bits per heavy atom. The van der Waals surface area contributed by atoms with Crippen LogP contribution >= 0.6 is 11.6 Å². The van der Waals surface area contributed by atoms with Crippen molar-refractivity contribution in [2.24, 2.45) is 0 Å². The van der Waals surface area contributed by atoms with Crippen LogP contribution in [0, 0.1) is 0 Å². The smallest absolute Gasteiger partial charge is 0.335 e. The van der Waals surface area contributed by atoms with Gasteiger partial charge in [0.15, 0.2) is 5.02 Å². The van der Waals surface area contributed by atoms with Crippen LogP contribution in [0.5, 0.6) is 11.8 Å². The summed E-state index contributed by atoms with van der Waals surface area (Å²) in [4.78, 5) is 19.9. The molecule has 0 bridgehead atoms. The Bertz CT molecular complexity index is 1090. The van der Waals surface area contributed by atoms with Gasteiger partial charge in [0.05, 0.1) is 26.5 Å². The number of ether oxygens (including phenoxy) is 2. The molecule has 2 N–H and O–H groups in total. The first-order valence-corrected chi connectivity index (χ1v) is 9.18. The zero-order valence-corrected chi connectivity index (χ0v) is 15.7. The fourth-order valence-electron chi connectivity index (χ4n) is 2.19. The zero-order chi connectivity index (χ0) is 19.6. The van der Waals surface area contributed by atoms with E-state index in [2.05, 4.69) is 15.3 Å². The Labute approximate surface area is 158 Å². The highest BCUT2D eigenvalue weighted by molar-refractivity contribution is 7.90. The van der Waals surface area contributed by atoms with Crippen molar-refractivity contribution in [3.05, 3.63) is 41.8 Å². The van der Waals surface area contributed by atoms with Gasteiger partial charge in [0.1, 0.15) is 0 Å². The highest BCUT2D eigenvalue weighted by atomic mass is 35.5. The van der Waals surface area contributed by atoms with E-state index < -0.39 is 16.1 Å². The number of carbonyl (C=O) groups is 1. The first-order chi connectivity index (χ1) is 12.8. The van der Waals surface area contributed by atoms with Gasteiger partial charge in [0, 0.05) is 6.07 Å². The molecule has 0 unspecified atom stereocenters. The standard InChI is InChI=1S/C14H13ClN6O5S/c1-25-10-7-11(26-2)17-13(16-10)18-14(22)19-27(23,24)12-9(15)8-20-5-3-4-6-21(12)20/h3-8H,1-2H3,(H-,16,17,18,19,22)/p+1. The molecule has 0 atom stereocenters. The predicted octanol–water partition coefficient (Wildman–Crippen LogP) is 0.496. The molecule has 0 radical (unpaired) electrons. The van der Waals surface area contributed by atoms with E-state index in [0.717, 1.165) is 0 Å². The van der Waals surface area contributed by atoms with Crippen LogP contribution in [-0.4, -0.2) is 43.2 Å². The van der Waals surface area contributed by atoms with Crippen LogP contribution in [0.25, 0.3) is 0 Å². The minimum atomic E-state index is -4.29. The summed E-state index contributed by atoms with van der Waals surface area (Å²) in [5.41, 5.74) is 0. The van der Waals surface area contributed by atoms with Crippen molar-refractivity contribution in [1.82, 2.24) is 19.2 Å². The van der Waals surface area contributed by atoms with E-state index in [-0.39, 0.29) is 27.8 Å². The molecule has 3 aromatic heterocycles. The number of methoxy groups -OCH3 is 2. The number of nitrogens with zero attached hydrogens (tertiary/aromatic N) is 4. The van der Waals surface area contributed by atoms with Crippen molar-refractivity contribution in [2.45, 2.75) is 5.03 Å². The molecule has 0 fully saturated rings. The number of carbonyl (C=O) groups excluding carboxylic acids is 1. The lowest BCUT2D eigenvalue weighted by Gasteiger charge is -2.08. The fourth-order valence-corrected chi connectivity index (χ4v) is 3.79. The minimum Gasteiger partial charge on any atom is -0.481 e. The molecule has 11 nitrogen and oxygen atoms in total. The maximum absolute atomic E-state index is 12.6. The number of nitrogens with one attached hydrogen (secondary N) is 2. The van der Waals surface area contributed by atoms with Gasteiger partial charge in [-0.2, -0.15) is 18.4 Å². The van der Waals surface area contributed by atoms with Gasteiger partial charge >= 0.3 is 6.03 Å². The number of aromatic nitrogens is 4. The maximum atomic E-state index is 12.6. The Morgan fingerprint density at radius 2 is 1.89 bits per heavy atom. The molecule has 0 aliphatic rings. The molecule has 13 heteroatoms. The van der Waals surface area contributed by atoms with Gasteiger partial charge in [0.25, 0.3) is 10.0 Å². The van der Waals surface area contributed by atoms with E-state index >= 15 is 0 Å². The molecular weight excluding hydrogens is 400 g/mol. The zero-order valence-electron chi connectivity index (χ0n) is 14.1. The quantitative estimate of drug-likeness (QED) is 0.582. The number of rotatable bonds is 5. The molecule has 0 aliphatic carbocycles. The summed E-state index contributed by atoms with van der Waals surface area (Å²) in [5.74, 6) is 0.0356. The van der Waals surface area contributed by atoms with Crippen molar-refractivity contribution in [2.75, 3.05) is 19.5 Å². The number of fused-ring (bicyclic) bond motifs is 1. The maximum Gasteiger partial charge on any atom is 0.335 e. The van der Waals surface area contributed by atoms with Gasteiger partial charge in [-0.25, -0.2) is 9.52 Å². The Morgan fingerprint density at radius 3 is 2.52 bits per heavy atom.